The first-order valence-electron chi connectivity index (χ1n) is 5.48. The summed E-state index contributed by atoms with van der Waals surface area (Å²) in [5.41, 5.74) is 11.7. The molecule has 17 heavy (non-hydrogen) atoms. The summed E-state index contributed by atoms with van der Waals surface area (Å²) < 4.78 is 10.8. The van der Waals surface area contributed by atoms with E-state index in [0.29, 0.717) is 30.2 Å². The Morgan fingerprint density at radius 2 is 2.18 bits per heavy atom. The molecule has 0 radical (unpaired) electrons. The quantitative estimate of drug-likeness (QED) is 0.728. The molecule has 0 aliphatic carbocycles. The molecule has 5 nitrogen and oxygen atoms in total. The number of anilines is 1. The topological polar surface area (TPSA) is 87.6 Å². The second-order valence-electron chi connectivity index (χ2n) is 3.70. The van der Waals surface area contributed by atoms with Crippen LogP contribution in [0.15, 0.2) is 18.2 Å². The van der Waals surface area contributed by atoms with Gasteiger partial charge in [0.2, 0.25) is 5.91 Å². The van der Waals surface area contributed by atoms with Crippen molar-refractivity contribution in [1.29, 1.82) is 0 Å². The lowest BCUT2D eigenvalue weighted by molar-refractivity contribution is 0.0661. The van der Waals surface area contributed by atoms with Crippen molar-refractivity contribution < 1.29 is 14.3 Å². The highest BCUT2D eigenvalue weighted by atomic mass is 16.5. The maximum Gasteiger partial charge on any atom is 0.248 e. The van der Waals surface area contributed by atoms with E-state index in [2.05, 4.69) is 0 Å². The smallest absolute Gasteiger partial charge is 0.248 e. The summed E-state index contributed by atoms with van der Waals surface area (Å²) >= 11 is 0. The zero-order valence-corrected chi connectivity index (χ0v) is 10.1. The first-order chi connectivity index (χ1) is 8.04. The fourth-order valence-electron chi connectivity index (χ4n) is 1.34. The average Bonchev–Trinajstić information content (AvgIpc) is 2.28. The summed E-state index contributed by atoms with van der Waals surface area (Å²) in [5, 5.41) is 0. The Balaban J connectivity index is 2.69. The van der Waals surface area contributed by atoms with E-state index >= 15 is 0 Å². The molecule has 1 rings (SSSR count). The van der Waals surface area contributed by atoms with E-state index in [1.54, 1.807) is 12.1 Å². The lowest BCUT2D eigenvalue weighted by atomic mass is 10.2. The molecule has 1 amide bonds. The number of hydrogen-bond acceptors (Lipinski definition) is 4. The van der Waals surface area contributed by atoms with Crippen LogP contribution in [-0.4, -0.2) is 25.2 Å². The van der Waals surface area contributed by atoms with Crippen molar-refractivity contribution in [3.63, 3.8) is 0 Å². The minimum atomic E-state index is -0.509. The number of primary amides is 1. The van der Waals surface area contributed by atoms with Gasteiger partial charge in [-0.3, -0.25) is 4.79 Å². The first kappa shape index (κ1) is 13.3. The monoisotopic (exact) mass is 238 g/mol. The van der Waals surface area contributed by atoms with Gasteiger partial charge in [-0.25, -0.2) is 0 Å². The summed E-state index contributed by atoms with van der Waals surface area (Å²) in [6.07, 6.45) is -0.100. The maximum absolute atomic E-state index is 10.9. The number of benzene rings is 1. The number of nitrogen functional groups attached to an aromatic ring is 1. The number of carbonyl (C=O) groups excluding carboxylic acids is 1. The molecule has 0 aliphatic rings. The Bertz CT molecular complexity index is 393. The number of nitrogens with two attached hydrogens (primary N) is 2. The second kappa shape index (κ2) is 6.10. The van der Waals surface area contributed by atoms with Crippen LogP contribution < -0.4 is 16.2 Å². The predicted octanol–water partition coefficient (Wildman–Crippen LogP) is 1.17. The number of hydrogen-bond donors (Lipinski definition) is 2. The molecule has 0 aliphatic heterocycles. The Kier molecular flexibility index (Phi) is 4.78. The summed E-state index contributed by atoms with van der Waals surface area (Å²) in [6.45, 7) is 4.94. The van der Waals surface area contributed by atoms with Crippen molar-refractivity contribution in [3.8, 4) is 5.75 Å². The number of rotatable bonds is 6. The number of ether oxygens (including phenoxy) is 2. The van der Waals surface area contributed by atoms with Crippen molar-refractivity contribution in [2.75, 3.05) is 18.9 Å². The second-order valence-corrected chi connectivity index (χ2v) is 3.70. The van der Waals surface area contributed by atoms with Crippen molar-refractivity contribution in [2.45, 2.75) is 20.0 Å². The van der Waals surface area contributed by atoms with Gasteiger partial charge in [-0.1, -0.05) is 0 Å². The van der Waals surface area contributed by atoms with E-state index in [9.17, 15) is 4.79 Å². The molecule has 0 heterocycles. The fraction of sp³-hybridized carbons (Fsp3) is 0.417. The molecule has 4 N–H and O–H groups in total. The largest absolute Gasteiger partial charge is 0.486 e. The van der Waals surface area contributed by atoms with Crippen LogP contribution in [-0.2, 0) is 4.74 Å². The van der Waals surface area contributed by atoms with Gasteiger partial charge in [-0.15, -0.1) is 0 Å². The number of amides is 1. The predicted molar refractivity (Wildman–Crippen MR) is 66.0 cm³/mol. The van der Waals surface area contributed by atoms with Gasteiger partial charge in [0.1, 0.15) is 11.9 Å². The Labute approximate surface area is 101 Å². The molecule has 5 heteroatoms. The van der Waals surface area contributed by atoms with Crippen molar-refractivity contribution in [2.24, 2.45) is 5.73 Å². The Hall–Kier alpha value is -1.75. The van der Waals surface area contributed by atoms with E-state index in [-0.39, 0.29) is 6.10 Å². The van der Waals surface area contributed by atoms with Crippen molar-refractivity contribution in [3.05, 3.63) is 23.8 Å². The van der Waals surface area contributed by atoms with E-state index in [1.807, 2.05) is 13.8 Å². The van der Waals surface area contributed by atoms with Crippen LogP contribution in [0.3, 0.4) is 0 Å². The van der Waals surface area contributed by atoms with Gasteiger partial charge < -0.3 is 20.9 Å². The standard InChI is InChI=1S/C12H18N2O3/c1-3-16-7-8(2)17-11-5-4-9(12(14)15)6-10(11)13/h4-6,8H,3,7,13H2,1-2H3,(H2,14,15). The normalized spacial score (nSPS) is 12.1. The zero-order valence-electron chi connectivity index (χ0n) is 10.1. The molecule has 94 valence electrons. The van der Waals surface area contributed by atoms with E-state index < -0.39 is 5.91 Å². The fourth-order valence-corrected chi connectivity index (χ4v) is 1.34. The molecular formula is C12H18N2O3. The highest BCUT2D eigenvalue weighted by molar-refractivity contribution is 5.94. The van der Waals surface area contributed by atoms with E-state index in [0.717, 1.165) is 0 Å². The molecule has 1 atom stereocenters. The molecule has 0 spiro atoms. The highest BCUT2D eigenvalue weighted by Gasteiger charge is 2.09. The summed E-state index contributed by atoms with van der Waals surface area (Å²) in [7, 11) is 0. The van der Waals surface area contributed by atoms with E-state index in [4.69, 9.17) is 20.9 Å². The van der Waals surface area contributed by atoms with Gasteiger partial charge in [0, 0.05) is 12.2 Å². The first-order valence-corrected chi connectivity index (χ1v) is 5.48. The summed E-state index contributed by atoms with van der Waals surface area (Å²) in [6, 6.07) is 4.73. The van der Waals surface area contributed by atoms with Crippen LogP contribution in [0, 0.1) is 0 Å². The van der Waals surface area contributed by atoms with Gasteiger partial charge in [-0.05, 0) is 32.0 Å². The third-order valence-corrected chi connectivity index (χ3v) is 2.18. The zero-order chi connectivity index (χ0) is 12.8. The van der Waals surface area contributed by atoms with Crippen LogP contribution in [0.25, 0.3) is 0 Å². The molecule has 0 saturated carbocycles. The molecule has 0 aromatic heterocycles. The van der Waals surface area contributed by atoms with Crippen LogP contribution in [0.4, 0.5) is 5.69 Å². The van der Waals surface area contributed by atoms with Gasteiger partial charge in [-0.2, -0.15) is 0 Å². The van der Waals surface area contributed by atoms with E-state index in [1.165, 1.54) is 6.07 Å². The molecule has 1 unspecified atom stereocenters. The Morgan fingerprint density at radius 1 is 1.47 bits per heavy atom. The van der Waals surface area contributed by atoms with Crippen molar-refractivity contribution in [1.82, 2.24) is 0 Å². The van der Waals surface area contributed by atoms with Crippen molar-refractivity contribution >= 4 is 11.6 Å². The molecule has 0 bridgehead atoms. The van der Waals surface area contributed by atoms with Gasteiger partial charge >= 0.3 is 0 Å². The van der Waals surface area contributed by atoms with Gasteiger partial charge in [0.15, 0.2) is 0 Å². The maximum atomic E-state index is 10.9. The lowest BCUT2D eigenvalue weighted by Gasteiger charge is -2.16. The summed E-state index contributed by atoms with van der Waals surface area (Å²) in [5.74, 6) is 0.0211. The van der Waals surface area contributed by atoms with Gasteiger partial charge in [0.25, 0.3) is 0 Å². The van der Waals surface area contributed by atoms with Crippen LogP contribution in [0.1, 0.15) is 24.2 Å². The third-order valence-electron chi connectivity index (χ3n) is 2.18. The molecule has 1 aromatic carbocycles. The van der Waals surface area contributed by atoms with Gasteiger partial charge in [0.05, 0.1) is 12.3 Å². The average molecular weight is 238 g/mol. The number of carbonyl (C=O) groups is 1. The minimum Gasteiger partial charge on any atom is -0.486 e. The highest BCUT2D eigenvalue weighted by Crippen LogP contribution is 2.23. The minimum absolute atomic E-state index is 0.100. The molecule has 0 saturated heterocycles. The SMILES string of the molecule is CCOCC(C)Oc1ccc(C(N)=O)cc1N. The summed E-state index contributed by atoms with van der Waals surface area (Å²) in [4.78, 5) is 10.9. The van der Waals surface area contributed by atoms with Crippen LogP contribution >= 0.6 is 0 Å². The van der Waals surface area contributed by atoms with Crippen LogP contribution in [0.5, 0.6) is 5.75 Å². The molecule has 0 fully saturated rings. The van der Waals surface area contributed by atoms with Crippen LogP contribution in [0.2, 0.25) is 0 Å². The molecular weight excluding hydrogens is 220 g/mol. The Morgan fingerprint density at radius 3 is 2.71 bits per heavy atom. The third kappa shape index (κ3) is 3.96. The molecule has 1 aromatic rings. The lowest BCUT2D eigenvalue weighted by Crippen LogP contribution is -2.20.